The van der Waals surface area contributed by atoms with Crippen LogP contribution in [-0.4, -0.2) is 34.7 Å². The van der Waals surface area contributed by atoms with Gasteiger partial charge in [-0.3, -0.25) is 4.79 Å². The van der Waals surface area contributed by atoms with E-state index in [0.29, 0.717) is 17.6 Å². The van der Waals surface area contributed by atoms with Crippen molar-refractivity contribution in [2.24, 2.45) is 11.8 Å². The SMILES string of the molecule is CCNC(CSCC(C)CC)(C(=O)O)C1CC1. The maximum absolute atomic E-state index is 11.6. The highest BCUT2D eigenvalue weighted by Crippen LogP contribution is 2.41. The molecule has 1 fully saturated rings. The highest BCUT2D eigenvalue weighted by atomic mass is 32.2. The third-order valence-corrected chi connectivity index (χ3v) is 5.04. The standard InChI is InChI=1S/C13H25NO2S/c1-4-10(3)8-17-9-13(12(15)16,14-5-2)11-6-7-11/h10-11,14H,4-9H2,1-3H3,(H,15,16). The van der Waals surface area contributed by atoms with Gasteiger partial charge in [-0.1, -0.05) is 27.2 Å². The molecule has 0 aromatic rings. The highest BCUT2D eigenvalue weighted by molar-refractivity contribution is 7.99. The van der Waals surface area contributed by atoms with Crippen LogP contribution in [0.3, 0.4) is 0 Å². The molecular formula is C13H25NO2S. The molecule has 0 aromatic heterocycles. The Labute approximate surface area is 109 Å². The van der Waals surface area contributed by atoms with Crippen LogP contribution in [-0.2, 0) is 4.79 Å². The second kappa shape index (κ2) is 6.64. The molecule has 0 heterocycles. The summed E-state index contributed by atoms with van der Waals surface area (Å²) in [5.41, 5.74) is -0.674. The zero-order valence-electron chi connectivity index (χ0n) is 11.2. The molecule has 0 spiro atoms. The van der Waals surface area contributed by atoms with E-state index < -0.39 is 11.5 Å². The minimum Gasteiger partial charge on any atom is -0.480 e. The normalized spacial score (nSPS) is 20.9. The van der Waals surface area contributed by atoms with Gasteiger partial charge in [0, 0.05) is 5.75 Å². The molecule has 0 aliphatic heterocycles. The van der Waals surface area contributed by atoms with Crippen molar-refractivity contribution < 1.29 is 9.90 Å². The molecule has 1 saturated carbocycles. The molecule has 0 saturated heterocycles. The zero-order valence-corrected chi connectivity index (χ0v) is 12.0. The molecule has 1 aliphatic carbocycles. The van der Waals surface area contributed by atoms with Gasteiger partial charge in [0.2, 0.25) is 0 Å². The van der Waals surface area contributed by atoms with Crippen LogP contribution in [0.1, 0.15) is 40.0 Å². The van der Waals surface area contributed by atoms with Crippen molar-refractivity contribution >= 4 is 17.7 Å². The van der Waals surface area contributed by atoms with Crippen molar-refractivity contribution in [1.29, 1.82) is 0 Å². The number of carbonyl (C=O) groups is 1. The molecule has 1 aliphatic rings. The molecule has 2 atom stereocenters. The Balaban J connectivity index is 2.53. The molecule has 2 unspecified atom stereocenters. The number of likely N-dealkylation sites (N-methyl/N-ethyl adjacent to an activating group) is 1. The number of carboxylic acids is 1. The lowest BCUT2D eigenvalue weighted by Crippen LogP contribution is -2.56. The fourth-order valence-electron chi connectivity index (χ4n) is 2.06. The summed E-state index contributed by atoms with van der Waals surface area (Å²) in [6, 6.07) is 0. The van der Waals surface area contributed by atoms with E-state index in [0.717, 1.165) is 31.6 Å². The molecule has 2 N–H and O–H groups in total. The second-order valence-corrected chi connectivity index (χ2v) is 6.14. The zero-order chi connectivity index (χ0) is 12.9. The summed E-state index contributed by atoms with van der Waals surface area (Å²) in [7, 11) is 0. The third kappa shape index (κ3) is 3.88. The van der Waals surface area contributed by atoms with E-state index in [2.05, 4.69) is 19.2 Å². The van der Waals surface area contributed by atoms with Crippen molar-refractivity contribution in [2.75, 3.05) is 18.1 Å². The maximum atomic E-state index is 11.6. The molecule has 0 amide bonds. The van der Waals surface area contributed by atoms with E-state index in [4.69, 9.17) is 0 Å². The minimum atomic E-state index is -0.674. The van der Waals surface area contributed by atoms with E-state index in [1.807, 2.05) is 6.92 Å². The van der Waals surface area contributed by atoms with Gasteiger partial charge in [0.25, 0.3) is 0 Å². The van der Waals surface area contributed by atoms with Gasteiger partial charge in [-0.15, -0.1) is 0 Å². The fraction of sp³-hybridized carbons (Fsp3) is 0.923. The van der Waals surface area contributed by atoms with Crippen LogP contribution in [0.5, 0.6) is 0 Å². The number of carboxylic acid groups (broad SMARTS) is 1. The van der Waals surface area contributed by atoms with Gasteiger partial charge in [0.1, 0.15) is 5.54 Å². The Morgan fingerprint density at radius 2 is 2.18 bits per heavy atom. The van der Waals surface area contributed by atoms with Crippen molar-refractivity contribution in [3.05, 3.63) is 0 Å². The molecule has 0 radical (unpaired) electrons. The van der Waals surface area contributed by atoms with Crippen molar-refractivity contribution in [3.8, 4) is 0 Å². The van der Waals surface area contributed by atoms with E-state index in [1.54, 1.807) is 11.8 Å². The predicted octanol–water partition coefficient (Wildman–Crippen LogP) is 2.61. The molecule has 1 rings (SSSR count). The van der Waals surface area contributed by atoms with Gasteiger partial charge >= 0.3 is 5.97 Å². The van der Waals surface area contributed by atoms with Crippen LogP contribution >= 0.6 is 11.8 Å². The van der Waals surface area contributed by atoms with Gasteiger partial charge in [-0.05, 0) is 37.0 Å². The van der Waals surface area contributed by atoms with E-state index in [-0.39, 0.29) is 0 Å². The van der Waals surface area contributed by atoms with Gasteiger partial charge in [0.15, 0.2) is 0 Å². The molecular weight excluding hydrogens is 234 g/mol. The van der Waals surface area contributed by atoms with Gasteiger partial charge < -0.3 is 10.4 Å². The average Bonchev–Trinajstić information content (AvgIpc) is 3.11. The Hall–Kier alpha value is -0.220. The largest absolute Gasteiger partial charge is 0.480 e. The van der Waals surface area contributed by atoms with Crippen LogP contribution < -0.4 is 5.32 Å². The summed E-state index contributed by atoms with van der Waals surface area (Å²) in [6.45, 7) is 7.12. The monoisotopic (exact) mass is 259 g/mol. The van der Waals surface area contributed by atoms with Gasteiger partial charge in [-0.25, -0.2) is 0 Å². The number of aliphatic carboxylic acids is 1. The average molecular weight is 259 g/mol. The van der Waals surface area contributed by atoms with Crippen LogP contribution in [0, 0.1) is 11.8 Å². The summed E-state index contributed by atoms with van der Waals surface area (Å²) < 4.78 is 0. The molecule has 0 aromatic carbocycles. The number of thioether (sulfide) groups is 1. The lowest BCUT2D eigenvalue weighted by atomic mass is 9.96. The van der Waals surface area contributed by atoms with Crippen molar-refractivity contribution in [2.45, 2.75) is 45.6 Å². The van der Waals surface area contributed by atoms with E-state index >= 15 is 0 Å². The molecule has 4 heteroatoms. The van der Waals surface area contributed by atoms with Crippen molar-refractivity contribution in [3.63, 3.8) is 0 Å². The maximum Gasteiger partial charge on any atom is 0.325 e. The van der Waals surface area contributed by atoms with Crippen LogP contribution in [0.25, 0.3) is 0 Å². The summed E-state index contributed by atoms with van der Waals surface area (Å²) in [5, 5.41) is 12.7. The Kier molecular flexibility index (Phi) is 5.80. The van der Waals surface area contributed by atoms with Crippen LogP contribution in [0.4, 0.5) is 0 Å². The van der Waals surface area contributed by atoms with E-state index in [9.17, 15) is 9.90 Å². The molecule has 3 nitrogen and oxygen atoms in total. The first-order valence-corrected chi connectivity index (χ1v) is 7.78. The lowest BCUT2D eigenvalue weighted by Gasteiger charge is -2.30. The Morgan fingerprint density at radius 3 is 2.59 bits per heavy atom. The summed E-state index contributed by atoms with van der Waals surface area (Å²) in [4.78, 5) is 11.6. The first-order chi connectivity index (χ1) is 8.06. The van der Waals surface area contributed by atoms with Gasteiger partial charge in [-0.2, -0.15) is 11.8 Å². The van der Waals surface area contributed by atoms with E-state index in [1.165, 1.54) is 0 Å². The molecule has 17 heavy (non-hydrogen) atoms. The number of nitrogens with one attached hydrogen (secondary N) is 1. The Bertz CT molecular complexity index is 256. The number of hydrogen-bond acceptors (Lipinski definition) is 3. The smallest absolute Gasteiger partial charge is 0.325 e. The van der Waals surface area contributed by atoms with Crippen LogP contribution in [0.2, 0.25) is 0 Å². The molecule has 100 valence electrons. The minimum absolute atomic E-state index is 0.337. The second-order valence-electron chi connectivity index (χ2n) is 5.11. The predicted molar refractivity (Wildman–Crippen MR) is 73.5 cm³/mol. The first-order valence-electron chi connectivity index (χ1n) is 6.63. The topological polar surface area (TPSA) is 49.3 Å². The summed E-state index contributed by atoms with van der Waals surface area (Å²) in [5.74, 6) is 2.10. The Morgan fingerprint density at radius 1 is 1.53 bits per heavy atom. The lowest BCUT2D eigenvalue weighted by molar-refractivity contribution is -0.144. The summed E-state index contributed by atoms with van der Waals surface area (Å²) in [6.07, 6.45) is 3.28. The summed E-state index contributed by atoms with van der Waals surface area (Å²) >= 11 is 1.79. The van der Waals surface area contributed by atoms with Gasteiger partial charge in [0.05, 0.1) is 0 Å². The van der Waals surface area contributed by atoms with Crippen LogP contribution in [0.15, 0.2) is 0 Å². The highest BCUT2D eigenvalue weighted by Gasteiger charge is 2.50. The number of hydrogen-bond donors (Lipinski definition) is 2. The quantitative estimate of drug-likeness (QED) is 0.668. The third-order valence-electron chi connectivity index (χ3n) is 3.58. The number of rotatable bonds is 9. The molecule has 0 bridgehead atoms. The fourth-order valence-corrected chi connectivity index (χ4v) is 3.59. The van der Waals surface area contributed by atoms with Crippen molar-refractivity contribution in [1.82, 2.24) is 5.32 Å². The first kappa shape index (κ1) is 14.8.